The van der Waals surface area contributed by atoms with Crippen molar-refractivity contribution in [1.29, 1.82) is 0 Å². The van der Waals surface area contributed by atoms with Gasteiger partial charge in [-0.15, -0.1) is 0 Å². The number of likely N-dealkylation sites (N-methyl/N-ethyl adjacent to an activating group) is 1. The van der Waals surface area contributed by atoms with E-state index in [4.69, 9.17) is 47.6 Å². The molecule has 23 heteroatoms. The molecule has 1 aromatic carbocycles. The average molecular weight is 1210 g/mol. The van der Waals surface area contributed by atoms with Crippen molar-refractivity contribution in [2.75, 3.05) is 27.8 Å². The predicted octanol–water partition coefficient (Wildman–Crippen LogP) is 7.79. The van der Waals surface area contributed by atoms with Gasteiger partial charge in [0.25, 0.3) is 0 Å². The normalized spacial score (nSPS) is 34.7. The number of rotatable bonds is 22. The Hall–Kier alpha value is -3.43. The zero-order valence-electron chi connectivity index (χ0n) is 52.4. The zero-order valence-corrected chi connectivity index (χ0v) is 53.3. The van der Waals surface area contributed by atoms with E-state index in [1.165, 1.54) is 104 Å². The van der Waals surface area contributed by atoms with Crippen LogP contribution in [0.4, 0.5) is 0 Å². The van der Waals surface area contributed by atoms with E-state index in [0.29, 0.717) is 18.6 Å². The van der Waals surface area contributed by atoms with E-state index in [0.717, 1.165) is 12.8 Å². The van der Waals surface area contributed by atoms with Gasteiger partial charge in [0.2, 0.25) is 0 Å². The summed E-state index contributed by atoms with van der Waals surface area (Å²) in [4.78, 5) is 53.3. The quantitative estimate of drug-likeness (QED) is 0.0279. The number of aliphatic hydroxyl groups is 4. The van der Waals surface area contributed by atoms with Crippen LogP contribution in [0.25, 0.3) is 0 Å². The molecule has 3 saturated heterocycles. The summed E-state index contributed by atoms with van der Waals surface area (Å²) in [6.45, 7) is 21.6. The number of ketones is 1. The Kier molecular flexibility index (Phi) is 32.3. The minimum absolute atomic E-state index is 0.0760. The van der Waals surface area contributed by atoms with Crippen molar-refractivity contribution in [3.8, 4) is 11.5 Å². The Morgan fingerprint density at radius 1 is 0.783 bits per heavy atom. The highest BCUT2D eigenvalue weighted by molar-refractivity contribution is 7.80. The van der Waals surface area contributed by atoms with Crippen molar-refractivity contribution in [3.05, 3.63) is 24.3 Å². The fourth-order valence-electron chi connectivity index (χ4n) is 11.2. The molecule has 0 radical (unpaired) electrons. The summed E-state index contributed by atoms with van der Waals surface area (Å²) in [5.74, 6) is -5.36. The highest BCUT2D eigenvalue weighted by Crippen LogP contribution is 2.41. The molecule has 3 aliphatic heterocycles. The van der Waals surface area contributed by atoms with E-state index in [1.807, 2.05) is 25.9 Å². The van der Waals surface area contributed by atoms with Gasteiger partial charge >= 0.3 is 28.3 Å². The van der Waals surface area contributed by atoms with Crippen LogP contribution >= 0.6 is 0 Å². The first-order chi connectivity index (χ1) is 38.6. The molecule has 18 unspecified atom stereocenters. The number of phenols is 1. The van der Waals surface area contributed by atoms with E-state index >= 15 is 0 Å². The second kappa shape index (κ2) is 35.4. The molecule has 3 heterocycles. The number of benzene rings is 1. The molecule has 83 heavy (non-hydrogen) atoms. The Bertz CT molecular complexity index is 2200. The number of esters is 3. The van der Waals surface area contributed by atoms with Gasteiger partial charge in [-0.25, -0.2) is 4.18 Å². The SMILES string of the molecule is CC(=O)Oc1ccc(O)cc1.CCC(=O)OC1C(OC2C(C)C(OC3CC(C)(OC)C(O)C(C)O3)C(C)C(=O)OC(CC)C(C)(O)C(O)C(C)C(=O)C(C)CC2(C)O)OC(C)CC1N(C)C.CCCCCCCCCCCCOS(=O)(=O)O. The molecule has 482 valence electrons. The van der Waals surface area contributed by atoms with Crippen LogP contribution in [0, 0.1) is 23.7 Å². The summed E-state index contributed by atoms with van der Waals surface area (Å²) < 4.78 is 81.3. The number of ether oxygens (including phenoxy) is 8. The number of unbranched alkanes of at least 4 members (excludes halogenated alkanes) is 9. The van der Waals surface area contributed by atoms with Crippen molar-refractivity contribution in [3.63, 3.8) is 0 Å². The molecular weight excluding hydrogens is 1100 g/mol. The Morgan fingerprint density at radius 2 is 1.35 bits per heavy atom. The third kappa shape index (κ3) is 24.3. The number of nitrogens with zero attached hydrogens (tertiary/aromatic N) is 1. The molecule has 0 aliphatic carbocycles. The van der Waals surface area contributed by atoms with Crippen molar-refractivity contribution >= 4 is 34.1 Å². The first-order valence-electron chi connectivity index (χ1n) is 29.8. The number of carbonyl (C=O) groups is 4. The van der Waals surface area contributed by atoms with Gasteiger partial charge in [0.15, 0.2) is 18.7 Å². The number of aliphatic hydroxyl groups excluding tert-OH is 2. The minimum atomic E-state index is -4.23. The van der Waals surface area contributed by atoms with E-state index in [2.05, 4.69) is 11.1 Å². The summed E-state index contributed by atoms with van der Waals surface area (Å²) in [6, 6.07) is 5.64. The predicted molar refractivity (Wildman–Crippen MR) is 309 cm³/mol. The lowest BCUT2D eigenvalue weighted by Gasteiger charge is -2.49. The molecule has 0 bridgehead atoms. The molecule has 3 aliphatic rings. The molecule has 0 saturated carbocycles. The van der Waals surface area contributed by atoms with Crippen LogP contribution in [-0.2, 0) is 66.9 Å². The van der Waals surface area contributed by atoms with Gasteiger partial charge in [-0.05, 0) is 106 Å². The lowest BCUT2D eigenvalue weighted by molar-refractivity contribution is -0.319. The van der Waals surface area contributed by atoms with Crippen molar-refractivity contribution < 1.29 is 99.8 Å². The molecule has 6 N–H and O–H groups in total. The molecule has 0 aromatic heterocycles. The molecule has 0 amide bonds. The summed E-state index contributed by atoms with van der Waals surface area (Å²) in [5, 5.41) is 55.4. The molecule has 3 fully saturated rings. The highest BCUT2D eigenvalue weighted by Gasteiger charge is 2.54. The molecule has 18 atom stereocenters. The van der Waals surface area contributed by atoms with Crippen LogP contribution in [0.1, 0.15) is 186 Å². The minimum Gasteiger partial charge on any atom is -0.508 e. The first kappa shape index (κ1) is 75.7. The van der Waals surface area contributed by atoms with Gasteiger partial charge in [0, 0.05) is 44.6 Å². The summed E-state index contributed by atoms with van der Waals surface area (Å²) in [6.07, 6.45) is 2.17. The van der Waals surface area contributed by atoms with E-state index < -0.39 is 124 Å². The monoisotopic (exact) mass is 1210 g/mol. The Balaban J connectivity index is 0.000000681. The van der Waals surface area contributed by atoms with Crippen LogP contribution in [0.2, 0.25) is 0 Å². The molecule has 0 spiro atoms. The van der Waals surface area contributed by atoms with Gasteiger partial charge in [-0.1, -0.05) is 99.3 Å². The van der Waals surface area contributed by atoms with Gasteiger partial charge < -0.3 is 68.3 Å². The number of methoxy groups -OCH3 is 1. The maximum absolute atomic E-state index is 14.2. The fourth-order valence-corrected chi connectivity index (χ4v) is 11.5. The average Bonchev–Trinajstić information content (AvgIpc) is 3.51. The molecule has 4 rings (SSSR count). The van der Waals surface area contributed by atoms with Crippen LogP contribution < -0.4 is 4.74 Å². The van der Waals surface area contributed by atoms with Crippen LogP contribution in [0.5, 0.6) is 11.5 Å². The fraction of sp³-hybridized carbons (Fsp3) is 0.833. The Labute approximate surface area is 494 Å². The van der Waals surface area contributed by atoms with Gasteiger partial charge in [0.05, 0.1) is 60.3 Å². The second-order valence-electron chi connectivity index (χ2n) is 23.8. The van der Waals surface area contributed by atoms with E-state index in [1.54, 1.807) is 48.5 Å². The number of aromatic hydroxyl groups is 1. The van der Waals surface area contributed by atoms with Crippen molar-refractivity contribution in [2.24, 2.45) is 23.7 Å². The topological polar surface area (TPSA) is 310 Å². The first-order valence-corrected chi connectivity index (χ1v) is 31.1. The maximum atomic E-state index is 14.2. The van der Waals surface area contributed by atoms with E-state index in [-0.39, 0.29) is 56.2 Å². The largest absolute Gasteiger partial charge is 0.508 e. The molecular formula is C60H105NO21S. The van der Waals surface area contributed by atoms with Crippen LogP contribution in [-0.4, -0.2) is 179 Å². The zero-order chi connectivity index (χ0) is 63.2. The van der Waals surface area contributed by atoms with Crippen molar-refractivity contribution in [1.82, 2.24) is 4.90 Å². The third-order valence-electron chi connectivity index (χ3n) is 16.2. The highest BCUT2D eigenvalue weighted by atomic mass is 32.3. The number of cyclic esters (lactones) is 1. The number of Topliss-reactive ketones (excluding diaryl/α,β-unsaturated/α-hetero) is 1. The summed E-state index contributed by atoms with van der Waals surface area (Å²) in [7, 11) is 0.973. The molecule has 22 nitrogen and oxygen atoms in total. The second-order valence-corrected chi connectivity index (χ2v) is 24.9. The smallest absolute Gasteiger partial charge is 0.397 e. The lowest BCUT2D eigenvalue weighted by atomic mass is 9.74. The van der Waals surface area contributed by atoms with Gasteiger partial charge in [-0.2, -0.15) is 8.42 Å². The van der Waals surface area contributed by atoms with Gasteiger partial charge in [-0.3, -0.25) is 23.7 Å². The summed E-state index contributed by atoms with van der Waals surface area (Å²) >= 11 is 0. The van der Waals surface area contributed by atoms with Crippen molar-refractivity contribution in [2.45, 2.75) is 271 Å². The third-order valence-corrected chi connectivity index (χ3v) is 16.6. The number of hydrogen-bond acceptors (Lipinski definition) is 21. The van der Waals surface area contributed by atoms with E-state index in [9.17, 15) is 48.0 Å². The summed E-state index contributed by atoms with van der Waals surface area (Å²) in [5.41, 5.74) is -4.92. The number of phenolic OH excluding ortho intramolecular Hbond substituents is 1. The lowest BCUT2D eigenvalue weighted by Crippen LogP contribution is -2.61. The maximum Gasteiger partial charge on any atom is 0.397 e. The Morgan fingerprint density at radius 3 is 1.86 bits per heavy atom. The molecule has 1 aromatic rings. The number of carbonyl (C=O) groups excluding carboxylic acids is 4. The van der Waals surface area contributed by atoms with Crippen LogP contribution in [0.15, 0.2) is 24.3 Å². The standard InChI is InChI=1S/C40H71NO14.C12H26O4S.C8H8O3/c1-15-27-40(11,48)33(44)22(5)30(43)20(3)18-38(9,47)35(55-37-32(53-28(42)16-2)26(41(12)13)17-21(4)50-37)23(6)31(24(7)36(46)52-27)54-29-19-39(10,49-14)34(45)25(8)51-29;1-2-3-4-5-6-7-8-9-10-11-12-16-17(13,14)15;1-6(9)11-8-4-2-7(10)3-5-8/h20-27,29,31-35,37,44-45,47-48H,15-19H2,1-14H3;2-12H2,1H3,(H,13,14,15);2-5,10H,1H3. The number of hydrogen-bond donors (Lipinski definition) is 6. The van der Waals surface area contributed by atoms with Gasteiger partial charge in [0.1, 0.15) is 35.1 Å². The van der Waals surface area contributed by atoms with Crippen LogP contribution in [0.3, 0.4) is 0 Å².